The lowest BCUT2D eigenvalue weighted by Crippen LogP contribution is -2.42. The van der Waals surface area contributed by atoms with Crippen LogP contribution in [0, 0.1) is 0 Å². The number of carbonyl (C=O) groups is 1. The first-order valence-electron chi connectivity index (χ1n) is 7.42. The summed E-state index contributed by atoms with van der Waals surface area (Å²) in [5.41, 5.74) is 7.00. The molecule has 1 aromatic carbocycles. The van der Waals surface area contributed by atoms with Crippen LogP contribution in [0.5, 0.6) is 0 Å². The first-order valence-corrected chi connectivity index (χ1v) is 7.42. The quantitative estimate of drug-likeness (QED) is 0.844. The number of aromatic nitrogens is 2. The van der Waals surface area contributed by atoms with Crippen LogP contribution in [0.15, 0.2) is 42.6 Å². The van der Waals surface area contributed by atoms with Crippen LogP contribution in [0.25, 0.3) is 0 Å². The van der Waals surface area contributed by atoms with Gasteiger partial charge in [-0.2, -0.15) is 5.10 Å². The Morgan fingerprint density at radius 2 is 1.95 bits per heavy atom. The maximum absolute atomic E-state index is 12.5. The number of hydrogen-bond acceptors (Lipinski definition) is 5. The molecule has 114 valence electrons. The molecular weight excluding hydrogens is 278 g/mol. The molecule has 1 aliphatic rings. The normalized spacial score (nSPS) is 15.5. The second-order valence-electron chi connectivity index (χ2n) is 5.41. The molecule has 3 rings (SSSR count). The van der Waals surface area contributed by atoms with Crippen LogP contribution in [0.3, 0.4) is 0 Å². The Labute approximate surface area is 129 Å². The number of para-hydroxylation sites is 1. The van der Waals surface area contributed by atoms with Gasteiger partial charge in [0.2, 0.25) is 0 Å². The standard InChI is InChI=1S/C16H19N5O/c17-14-5-2-1-4-13(14)16(22)21-10-7-12(8-11-21)19-15-6-3-9-18-20-15/h1-6,9,12H,7-8,10-11,17H2,(H,19,20). The summed E-state index contributed by atoms with van der Waals surface area (Å²) >= 11 is 0. The summed E-state index contributed by atoms with van der Waals surface area (Å²) < 4.78 is 0. The Bertz CT molecular complexity index is 638. The molecule has 0 bridgehead atoms. The van der Waals surface area contributed by atoms with Crippen molar-refractivity contribution >= 4 is 17.4 Å². The zero-order chi connectivity index (χ0) is 15.4. The number of nitrogen functional groups attached to an aromatic ring is 1. The molecule has 1 aromatic heterocycles. The molecule has 1 fully saturated rings. The third-order valence-electron chi connectivity index (χ3n) is 3.90. The number of anilines is 2. The molecule has 2 aromatic rings. The largest absolute Gasteiger partial charge is 0.398 e. The minimum atomic E-state index is 0.0102. The van der Waals surface area contributed by atoms with Crippen molar-refractivity contribution in [2.24, 2.45) is 0 Å². The Kier molecular flexibility index (Phi) is 4.18. The van der Waals surface area contributed by atoms with Crippen LogP contribution in [0.2, 0.25) is 0 Å². The fraction of sp³-hybridized carbons (Fsp3) is 0.312. The maximum Gasteiger partial charge on any atom is 0.255 e. The Morgan fingerprint density at radius 1 is 1.18 bits per heavy atom. The lowest BCUT2D eigenvalue weighted by atomic mass is 10.0. The third kappa shape index (κ3) is 3.16. The molecule has 0 radical (unpaired) electrons. The van der Waals surface area contributed by atoms with Crippen molar-refractivity contribution in [3.8, 4) is 0 Å². The molecule has 0 saturated carbocycles. The molecule has 6 nitrogen and oxygen atoms in total. The highest BCUT2D eigenvalue weighted by Gasteiger charge is 2.24. The van der Waals surface area contributed by atoms with Gasteiger partial charge in [-0.25, -0.2) is 0 Å². The van der Waals surface area contributed by atoms with E-state index in [-0.39, 0.29) is 5.91 Å². The third-order valence-corrected chi connectivity index (χ3v) is 3.90. The lowest BCUT2D eigenvalue weighted by Gasteiger charge is -2.32. The number of likely N-dealkylation sites (tertiary alicyclic amines) is 1. The minimum Gasteiger partial charge on any atom is -0.398 e. The summed E-state index contributed by atoms with van der Waals surface area (Å²) in [4.78, 5) is 14.4. The number of carbonyl (C=O) groups excluding carboxylic acids is 1. The molecule has 6 heteroatoms. The fourth-order valence-corrected chi connectivity index (χ4v) is 2.68. The second-order valence-corrected chi connectivity index (χ2v) is 5.41. The molecule has 1 aliphatic heterocycles. The molecule has 0 atom stereocenters. The van der Waals surface area contributed by atoms with Crippen LogP contribution in [-0.4, -0.2) is 40.1 Å². The first-order chi connectivity index (χ1) is 10.7. The maximum atomic E-state index is 12.5. The highest BCUT2D eigenvalue weighted by atomic mass is 16.2. The lowest BCUT2D eigenvalue weighted by molar-refractivity contribution is 0.0719. The molecule has 1 amide bonds. The summed E-state index contributed by atoms with van der Waals surface area (Å²) in [5.74, 6) is 0.788. The molecular formula is C16H19N5O. The molecule has 3 N–H and O–H groups in total. The number of rotatable bonds is 3. The molecule has 1 saturated heterocycles. The number of nitrogens with one attached hydrogen (secondary N) is 1. The van der Waals surface area contributed by atoms with E-state index < -0.39 is 0 Å². The summed E-state index contributed by atoms with van der Waals surface area (Å²) in [7, 11) is 0. The van der Waals surface area contributed by atoms with Gasteiger partial charge in [-0.1, -0.05) is 12.1 Å². The van der Waals surface area contributed by atoms with Gasteiger partial charge in [-0.3, -0.25) is 4.79 Å². The number of piperidine rings is 1. The number of nitrogens with two attached hydrogens (primary N) is 1. The average molecular weight is 297 g/mol. The van der Waals surface area contributed by atoms with E-state index in [9.17, 15) is 4.79 Å². The highest BCUT2D eigenvalue weighted by molar-refractivity contribution is 5.99. The van der Waals surface area contributed by atoms with E-state index in [1.807, 2.05) is 29.2 Å². The van der Waals surface area contributed by atoms with E-state index in [4.69, 9.17) is 5.73 Å². The average Bonchev–Trinajstić information content (AvgIpc) is 2.56. The van der Waals surface area contributed by atoms with Crippen molar-refractivity contribution in [2.75, 3.05) is 24.1 Å². The van der Waals surface area contributed by atoms with Crippen LogP contribution < -0.4 is 11.1 Å². The SMILES string of the molecule is Nc1ccccc1C(=O)N1CCC(Nc2cccnn2)CC1. The molecule has 0 spiro atoms. The van der Waals surface area contributed by atoms with Crippen LogP contribution in [-0.2, 0) is 0 Å². The van der Waals surface area contributed by atoms with Crippen molar-refractivity contribution < 1.29 is 4.79 Å². The summed E-state index contributed by atoms with van der Waals surface area (Å²) in [6.07, 6.45) is 3.42. The van der Waals surface area contributed by atoms with E-state index in [1.165, 1.54) is 0 Å². The van der Waals surface area contributed by atoms with E-state index in [0.717, 1.165) is 18.7 Å². The van der Waals surface area contributed by atoms with Gasteiger partial charge in [0.15, 0.2) is 0 Å². The summed E-state index contributed by atoms with van der Waals surface area (Å²) in [6, 6.07) is 11.3. The zero-order valence-corrected chi connectivity index (χ0v) is 12.3. The van der Waals surface area contributed by atoms with Gasteiger partial charge >= 0.3 is 0 Å². The summed E-state index contributed by atoms with van der Waals surface area (Å²) in [6.45, 7) is 1.43. The predicted molar refractivity (Wildman–Crippen MR) is 85.4 cm³/mol. The number of nitrogens with zero attached hydrogens (tertiary/aromatic N) is 3. The zero-order valence-electron chi connectivity index (χ0n) is 12.3. The molecule has 0 aliphatic carbocycles. The smallest absolute Gasteiger partial charge is 0.255 e. The molecule has 2 heterocycles. The molecule has 22 heavy (non-hydrogen) atoms. The second kappa shape index (κ2) is 6.43. The van der Waals surface area contributed by atoms with Gasteiger partial charge in [-0.15, -0.1) is 5.10 Å². The van der Waals surface area contributed by atoms with Gasteiger partial charge < -0.3 is 16.0 Å². The van der Waals surface area contributed by atoms with Crippen molar-refractivity contribution in [1.82, 2.24) is 15.1 Å². The number of hydrogen-bond donors (Lipinski definition) is 2. The van der Waals surface area contributed by atoms with Crippen molar-refractivity contribution in [3.63, 3.8) is 0 Å². The predicted octanol–water partition coefficient (Wildman–Crippen LogP) is 1.78. The number of amides is 1. The first kappa shape index (κ1) is 14.3. The van der Waals surface area contributed by atoms with E-state index in [0.29, 0.717) is 30.4 Å². The van der Waals surface area contributed by atoms with E-state index >= 15 is 0 Å². The van der Waals surface area contributed by atoms with Gasteiger partial charge in [0, 0.05) is 31.0 Å². The van der Waals surface area contributed by atoms with Crippen LogP contribution in [0.1, 0.15) is 23.2 Å². The topological polar surface area (TPSA) is 84.1 Å². The fourth-order valence-electron chi connectivity index (χ4n) is 2.68. The molecule has 0 unspecified atom stereocenters. The van der Waals surface area contributed by atoms with Gasteiger partial charge in [0.05, 0.1) is 5.56 Å². The summed E-state index contributed by atoms with van der Waals surface area (Å²) in [5, 5.41) is 11.2. The monoisotopic (exact) mass is 297 g/mol. The van der Waals surface area contributed by atoms with E-state index in [2.05, 4.69) is 15.5 Å². The Hall–Kier alpha value is -2.63. The van der Waals surface area contributed by atoms with Gasteiger partial charge in [0.25, 0.3) is 5.91 Å². The van der Waals surface area contributed by atoms with Crippen molar-refractivity contribution in [1.29, 1.82) is 0 Å². The van der Waals surface area contributed by atoms with Crippen LogP contribution in [0.4, 0.5) is 11.5 Å². The van der Waals surface area contributed by atoms with E-state index in [1.54, 1.807) is 18.3 Å². The minimum absolute atomic E-state index is 0.0102. The highest BCUT2D eigenvalue weighted by Crippen LogP contribution is 2.19. The Balaban J connectivity index is 1.58. The van der Waals surface area contributed by atoms with Crippen molar-refractivity contribution in [2.45, 2.75) is 18.9 Å². The Morgan fingerprint density at radius 3 is 2.64 bits per heavy atom. The number of benzene rings is 1. The van der Waals surface area contributed by atoms with Crippen molar-refractivity contribution in [3.05, 3.63) is 48.2 Å². The van der Waals surface area contributed by atoms with Gasteiger partial charge in [0.1, 0.15) is 5.82 Å². The van der Waals surface area contributed by atoms with Crippen LogP contribution >= 0.6 is 0 Å². The van der Waals surface area contributed by atoms with Gasteiger partial charge in [-0.05, 0) is 37.1 Å².